The lowest BCUT2D eigenvalue weighted by Gasteiger charge is -2.23. The van der Waals surface area contributed by atoms with Crippen LogP contribution in [0.2, 0.25) is 0 Å². The maximum Gasteiger partial charge on any atom is 0.317 e. The monoisotopic (exact) mass is 276 g/mol. The van der Waals surface area contributed by atoms with Crippen LogP contribution in [-0.2, 0) is 6.54 Å². The second-order valence-electron chi connectivity index (χ2n) is 5.54. The van der Waals surface area contributed by atoms with E-state index in [-0.39, 0.29) is 12.1 Å². The zero-order valence-corrected chi connectivity index (χ0v) is 12.4. The largest absolute Gasteiger partial charge is 0.336 e. The van der Waals surface area contributed by atoms with Crippen molar-refractivity contribution in [2.45, 2.75) is 32.9 Å². The van der Waals surface area contributed by atoms with Crippen LogP contribution in [-0.4, -0.2) is 53.0 Å². The third-order valence-electron chi connectivity index (χ3n) is 3.40. The maximum atomic E-state index is 12.0. The molecule has 20 heavy (non-hydrogen) atoms. The van der Waals surface area contributed by atoms with Gasteiger partial charge in [-0.2, -0.15) is 0 Å². The van der Waals surface area contributed by atoms with E-state index in [0.717, 1.165) is 44.8 Å². The number of pyridine rings is 1. The Balaban J connectivity index is 1.84. The first-order valence-corrected chi connectivity index (χ1v) is 7.33. The summed E-state index contributed by atoms with van der Waals surface area (Å²) in [7, 11) is 0. The number of hydrogen-bond donors (Lipinski definition) is 1. The molecule has 1 aromatic heterocycles. The number of nitrogens with one attached hydrogen (secondary N) is 1. The highest BCUT2D eigenvalue weighted by Crippen LogP contribution is 2.07. The molecule has 1 aliphatic rings. The first kappa shape index (κ1) is 14.8. The van der Waals surface area contributed by atoms with Crippen molar-refractivity contribution in [1.82, 2.24) is 20.1 Å². The molecular weight excluding hydrogens is 252 g/mol. The van der Waals surface area contributed by atoms with Crippen molar-refractivity contribution in [2.24, 2.45) is 0 Å². The third-order valence-corrected chi connectivity index (χ3v) is 3.40. The van der Waals surface area contributed by atoms with E-state index in [9.17, 15) is 4.79 Å². The minimum absolute atomic E-state index is 0.0553. The first-order valence-electron chi connectivity index (χ1n) is 7.33. The highest BCUT2D eigenvalue weighted by atomic mass is 16.2. The SMILES string of the molecule is CC(C)NC(=O)N1CCCN(Cc2ccccn2)CC1. The lowest BCUT2D eigenvalue weighted by molar-refractivity contribution is 0.195. The molecule has 1 aromatic rings. The molecule has 2 amide bonds. The topological polar surface area (TPSA) is 48.5 Å². The lowest BCUT2D eigenvalue weighted by atomic mass is 10.3. The van der Waals surface area contributed by atoms with Gasteiger partial charge in [-0.05, 0) is 32.4 Å². The molecule has 0 atom stereocenters. The van der Waals surface area contributed by atoms with Crippen molar-refractivity contribution < 1.29 is 4.79 Å². The van der Waals surface area contributed by atoms with Crippen molar-refractivity contribution in [3.8, 4) is 0 Å². The van der Waals surface area contributed by atoms with Gasteiger partial charge < -0.3 is 10.2 Å². The smallest absolute Gasteiger partial charge is 0.317 e. The average Bonchev–Trinajstić information content (AvgIpc) is 2.65. The Morgan fingerprint density at radius 1 is 1.30 bits per heavy atom. The first-order chi connectivity index (χ1) is 9.65. The molecule has 0 spiro atoms. The quantitative estimate of drug-likeness (QED) is 0.914. The predicted molar refractivity (Wildman–Crippen MR) is 79.4 cm³/mol. The minimum atomic E-state index is 0.0553. The van der Waals surface area contributed by atoms with Gasteiger partial charge >= 0.3 is 6.03 Å². The van der Waals surface area contributed by atoms with Gasteiger partial charge in [0, 0.05) is 45.0 Å². The molecule has 5 heteroatoms. The summed E-state index contributed by atoms with van der Waals surface area (Å²) in [6, 6.07) is 6.25. The van der Waals surface area contributed by atoms with Crippen molar-refractivity contribution in [2.75, 3.05) is 26.2 Å². The van der Waals surface area contributed by atoms with Gasteiger partial charge in [0.15, 0.2) is 0 Å². The number of rotatable bonds is 3. The summed E-state index contributed by atoms with van der Waals surface area (Å²) < 4.78 is 0. The molecule has 0 unspecified atom stereocenters. The van der Waals surface area contributed by atoms with Crippen molar-refractivity contribution >= 4 is 6.03 Å². The van der Waals surface area contributed by atoms with Crippen molar-refractivity contribution in [1.29, 1.82) is 0 Å². The summed E-state index contributed by atoms with van der Waals surface area (Å²) in [5, 5.41) is 2.96. The highest BCUT2D eigenvalue weighted by Gasteiger charge is 2.19. The zero-order valence-electron chi connectivity index (χ0n) is 12.4. The van der Waals surface area contributed by atoms with Gasteiger partial charge in [0.1, 0.15) is 0 Å². The normalized spacial score (nSPS) is 17.1. The molecule has 1 N–H and O–H groups in total. The van der Waals surface area contributed by atoms with Crippen LogP contribution in [0.25, 0.3) is 0 Å². The van der Waals surface area contributed by atoms with Crippen LogP contribution in [0.15, 0.2) is 24.4 Å². The summed E-state index contributed by atoms with van der Waals surface area (Å²) in [6.07, 6.45) is 2.84. The fourth-order valence-corrected chi connectivity index (χ4v) is 2.39. The van der Waals surface area contributed by atoms with E-state index in [1.54, 1.807) is 0 Å². The van der Waals surface area contributed by atoms with E-state index in [0.29, 0.717) is 0 Å². The van der Waals surface area contributed by atoms with E-state index in [2.05, 4.69) is 15.2 Å². The average molecular weight is 276 g/mol. The van der Waals surface area contributed by atoms with Crippen LogP contribution in [0.1, 0.15) is 26.0 Å². The molecular formula is C15H24N4O. The molecule has 110 valence electrons. The van der Waals surface area contributed by atoms with Crippen LogP contribution < -0.4 is 5.32 Å². The fourth-order valence-electron chi connectivity index (χ4n) is 2.39. The van der Waals surface area contributed by atoms with E-state index >= 15 is 0 Å². The summed E-state index contributed by atoms with van der Waals surface area (Å²) in [4.78, 5) is 20.7. The van der Waals surface area contributed by atoms with Crippen LogP contribution in [0.5, 0.6) is 0 Å². The van der Waals surface area contributed by atoms with E-state index in [4.69, 9.17) is 0 Å². The summed E-state index contributed by atoms with van der Waals surface area (Å²) >= 11 is 0. The van der Waals surface area contributed by atoms with Crippen LogP contribution in [0.4, 0.5) is 4.79 Å². The Bertz CT molecular complexity index is 421. The molecule has 2 rings (SSSR count). The molecule has 0 saturated carbocycles. The summed E-state index contributed by atoms with van der Waals surface area (Å²) in [5.41, 5.74) is 1.09. The highest BCUT2D eigenvalue weighted by molar-refractivity contribution is 5.74. The molecule has 1 saturated heterocycles. The van der Waals surface area contributed by atoms with E-state index in [1.807, 2.05) is 43.1 Å². The Hall–Kier alpha value is -1.62. The standard InChI is InChI=1S/C15H24N4O/c1-13(2)17-15(20)19-9-5-8-18(10-11-19)12-14-6-3-4-7-16-14/h3-4,6-7,13H,5,8-12H2,1-2H3,(H,17,20). The summed E-state index contributed by atoms with van der Waals surface area (Å²) in [5.74, 6) is 0. The van der Waals surface area contributed by atoms with Gasteiger partial charge in [0.2, 0.25) is 0 Å². The number of carbonyl (C=O) groups excluding carboxylic acids is 1. The maximum absolute atomic E-state index is 12.0. The van der Waals surface area contributed by atoms with Crippen molar-refractivity contribution in [3.05, 3.63) is 30.1 Å². The van der Waals surface area contributed by atoms with Gasteiger partial charge in [-0.3, -0.25) is 9.88 Å². The van der Waals surface area contributed by atoms with Crippen LogP contribution >= 0.6 is 0 Å². The van der Waals surface area contributed by atoms with Crippen LogP contribution in [0, 0.1) is 0 Å². The van der Waals surface area contributed by atoms with Gasteiger partial charge in [-0.25, -0.2) is 4.79 Å². The fraction of sp³-hybridized carbons (Fsp3) is 0.600. The van der Waals surface area contributed by atoms with Gasteiger partial charge in [0.05, 0.1) is 5.69 Å². The molecule has 2 heterocycles. The van der Waals surface area contributed by atoms with Gasteiger partial charge in [-0.15, -0.1) is 0 Å². The number of nitrogens with zero attached hydrogens (tertiary/aromatic N) is 3. The Labute approximate surface area is 121 Å². The van der Waals surface area contributed by atoms with Gasteiger partial charge in [-0.1, -0.05) is 6.07 Å². The number of urea groups is 1. The molecule has 5 nitrogen and oxygen atoms in total. The molecule has 1 fully saturated rings. The number of carbonyl (C=O) groups is 1. The molecule has 0 bridgehead atoms. The Morgan fingerprint density at radius 2 is 2.15 bits per heavy atom. The predicted octanol–water partition coefficient (Wildman–Crippen LogP) is 1.71. The van der Waals surface area contributed by atoms with E-state index < -0.39 is 0 Å². The molecule has 1 aliphatic heterocycles. The second kappa shape index (κ2) is 7.24. The van der Waals surface area contributed by atoms with Crippen molar-refractivity contribution in [3.63, 3.8) is 0 Å². The number of aromatic nitrogens is 1. The lowest BCUT2D eigenvalue weighted by Crippen LogP contribution is -2.44. The molecule has 0 aliphatic carbocycles. The zero-order chi connectivity index (χ0) is 14.4. The third kappa shape index (κ3) is 4.49. The van der Waals surface area contributed by atoms with Gasteiger partial charge in [0.25, 0.3) is 0 Å². The Morgan fingerprint density at radius 3 is 2.85 bits per heavy atom. The van der Waals surface area contributed by atoms with E-state index in [1.165, 1.54) is 0 Å². The second-order valence-corrected chi connectivity index (χ2v) is 5.54. The molecule has 0 radical (unpaired) electrons. The summed E-state index contributed by atoms with van der Waals surface area (Å²) in [6.45, 7) is 8.37. The minimum Gasteiger partial charge on any atom is -0.336 e. The number of amides is 2. The number of hydrogen-bond acceptors (Lipinski definition) is 3. The Kier molecular flexibility index (Phi) is 5.35. The van der Waals surface area contributed by atoms with Crippen LogP contribution in [0.3, 0.4) is 0 Å². The molecule has 0 aromatic carbocycles.